The molecular weight excluding hydrogens is 348 g/mol. The molecule has 0 saturated heterocycles. The molecule has 5 nitrogen and oxygen atoms in total. The minimum Gasteiger partial charge on any atom is -0.351 e. The largest absolute Gasteiger partial charge is 0.351 e. The van der Waals surface area contributed by atoms with Crippen molar-refractivity contribution in [3.8, 4) is 5.82 Å². The number of hydrogen-bond acceptors (Lipinski definition) is 3. The molecule has 0 radical (unpaired) electrons. The zero-order valence-corrected chi connectivity index (χ0v) is 16.5. The normalized spacial score (nSPS) is 15.1. The van der Waals surface area contributed by atoms with Crippen LogP contribution in [0.5, 0.6) is 0 Å². The average Bonchev–Trinajstić information content (AvgIpc) is 3.02. The van der Waals surface area contributed by atoms with E-state index in [1.807, 2.05) is 61.1 Å². The van der Waals surface area contributed by atoms with Gasteiger partial charge in [-0.15, -0.1) is 0 Å². The molecule has 1 N–H and O–H groups in total. The van der Waals surface area contributed by atoms with Crippen molar-refractivity contribution in [1.29, 1.82) is 0 Å². The predicted octanol–water partition coefficient (Wildman–Crippen LogP) is 3.91. The van der Waals surface area contributed by atoms with E-state index in [1.54, 1.807) is 0 Å². The highest BCUT2D eigenvalue weighted by Gasteiger charge is 2.43. The molecule has 1 saturated carbocycles. The van der Waals surface area contributed by atoms with Crippen molar-refractivity contribution in [2.45, 2.75) is 46.1 Å². The number of aryl methyl sites for hydroxylation is 2. The second-order valence-corrected chi connectivity index (χ2v) is 7.84. The van der Waals surface area contributed by atoms with E-state index in [0.29, 0.717) is 6.54 Å². The molecule has 4 rings (SSSR count). The molecule has 2 aromatic heterocycles. The summed E-state index contributed by atoms with van der Waals surface area (Å²) in [5.74, 6) is 0.949. The van der Waals surface area contributed by atoms with Gasteiger partial charge >= 0.3 is 0 Å². The van der Waals surface area contributed by atoms with Gasteiger partial charge in [0.05, 0.1) is 11.1 Å². The molecule has 0 spiro atoms. The highest BCUT2D eigenvalue weighted by molar-refractivity contribution is 5.83. The monoisotopic (exact) mass is 374 g/mol. The lowest BCUT2D eigenvalue weighted by Crippen LogP contribution is -2.46. The Balaban J connectivity index is 1.39. The SMILES string of the molecule is Cc1cc(C)n(-c2ccc(CNC(=O)C3(Cc4ccccc4)CCC3)cn2)n1. The summed E-state index contributed by atoms with van der Waals surface area (Å²) in [6.45, 7) is 4.49. The van der Waals surface area contributed by atoms with Crippen LogP contribution in [0, 0.1) is 19.3 Å². The van der Waals surface area contributed by atoms with Crippen molar-refractivity contribution in [1.82, 2.24) is 20.1 Å². The third kappa shape index (κ3) is 3.70. The van der Waals surface area contributed by atoms with Crippen LogP contribution >= 0.6 is 0 Å². The van der Waals surface area contributed by atoms with E-state index in [0.717, 1.165) is 48.5 Å². The van der Waals surface area contributed by atoms with Crippen LogP contribution in [0.3, 0.4) is 0 Å². The number of nitrogens with one attached hydrogen (secondary N) is 1. The number of pyridine rings is 1. The van der Waals surface area contributed by atoms with Gasteiger partial charge in [-0.25, -0.2) is 9.67 Å². The summed E-state index contributed by atoms with van der Waals surface area (Å²) in [7, 11) is 0. The molecule has 5 heteroatoms. The molecule has 0 unspecified atom stereocenters. The summed E-state index contributed by atoms with van der Waals surface area (Å²) in [6, 6.07) is 16.3. The topological polar surface area (TPSA) is 59.8 Å². The van der Waals surface area contributed by atoms with Gasteiger partial charge in [-0.05, 0) is 56.4 Å². The Morgan fingerprint density at radius 3 is 2.46 bits per heavy atom. The third-order valence-electron chi connectivity index (χ3n) is 5.67. The maximum absolute atomic E-state index is 12.9. The molecule has 1 fully saturated rings. The molecule has 1 aliphatic carbocycles. The lowest BCUT2D eigenvalue weighted by Gasteiger charge is -2.40. The highest BCUT2D eigenvalue weighted by Crippen LogP contribution is 2.44. The Kier molecular flexibility index (Phi) is 4.99. The Morgan fingerprint density at radius 2 is 1.89 bits per heavy atom. The number of hydrogen-bond donors (Lipinski definition) is 1. The van der Waals surface area contributed by atoms with Crippen LogP contribution in [0.1, 0.15) is 41.8 Å². The Labute approximate surface area is 165 Å². The number of aromatic nitrogens is 3. The minimum atomic E-state index is -0.252. The van der Waals surface area contributed by atoms with Gasteiger partial charge in [0.25, 0.3) is 0 Å². The molecule has 3 aromatic rings. The molecule has 144 valence electrons. The minimum absolute atomic E-state index is 0.158. The van der Waals surface area contributed by atoms with Crippen LogP contribution < -0.4 is 5.32 Å². The Morgan fingerprint density at radius 1 is 1.11 bits per heavy atom. The van der Waals surface area contributed by atoms with Crippen LogP contribution in [-0.2, 0) is 17.8 Å². The maximum Gasteiger partial charge on any atom is 0.226 e. The summed E-state index contributed by atoms with van der Waals surface area (Å²) >= 11 is 0. The van der Waals surface area contributed by atoms with Crippen LogP contribution in [0.25, 0.3) is 5.82 Å². The van der Waals surface area contributed by atoms with Crippen molar-refractivity contribution < 1.29 is 4.79 Å². The first-order valence-corrected chi connectivity index (χ1v) is 9.87. The van der Waals surface area contributed by atoms with Crippen LogP contribution in [-0.4, -0.2) is 20.7 Å². The quantitative estimate of drug-likeness (QED) is 0.711. The molecule has 28 heavy (non-hydrogen) atoms. The van der Waals surface area contributed by atoms with Gasteiger partial charge in [-0.2, -0.15) is 5.10 Å². The first kappa shape index (κ1) is 18.4. The van der Waals surface area contributed by atoms with Crippen molar-refractivity contribution >= 4 is 5.91 Å². The lowest BCUT2D eigenvalue weighted by atomic mass is 9.64. The number of benzene rings is 1. The number of nitrogens with zero attached hydrogens (tertiary/aromatic N) is 3. The van der Waals surface area contributed by atoms with E-state index in [-0.39, 0.29) is 11.3 Å². The van der Waals surface area contributed by atoms with E-state index in [9.17, 15) is 4.79 Å². The van der Waals surface area contributed by atoms with E-state index < -0.39 is 0 Å². The van der Waals surface area contributed by atoms with Gasteiger partial charge in [0.15, 0.2) is 5.82 Å². The van der Waals surface area contributed by atoms with Gasteiger partial charge in [0.2, 0.25) is 5.91 Å². The van der Waals surface area contributed by atoms with Crippen molar-refractivity contribution in [2.75, 3.05) is 0 Å². The van der Waals surface area contributed by atoms with Gasteiger partial charge < -0.3 is 5.32 Å². The van der Waals surface area contributed by atoms with E-state index in [4.69, 9.17) is 0 Å². The van der Waals surface area contributed by atoms with Crippen LogP contribution in [0.4, 0.5) is 0 Å². The first-order valence-electron chi connectivity index (χ1n) is 9.87. The standard InChI is InChI=1S/C23H26N4O/c1-17-13-18(2)27(26-17)21-10-9-20(15-24-21)16-25-22(28)23(11-6-12-23)14-19-7-4-3-5-8-19/h3-5,7-10,13,15H,6,11-12,14,16H2,1-2H3,(H,25,28). The number of carbonyl (C=O) groups excluding carboxylic acids is 1. The van der Waals surface area contributed by atoms with E-state index in [2.05, 4.69) is 27.5 Å². The molecular formula is C23H26N4O. The van der Waals surface area contributed by atoms with Gasteiger partial charge in [0, 0.05) is 18.4 Å². The summed E-state index contributed by atoms with van der Waals surface area (Å²) in [5, 5.41) is 7.59. The Hall–Kier alpha value is -2.95. The smallest absolute Gasteiger partial charge is 0.226 e. The van der Waals surface area contributed by atoms with Gasteiger partial charge in [-0.3, -0.25) is 4.79 Å². The molecule has 0 bridgehead atoms. The molecule has 2 heterocycles. The zero-order valence-electron chi connectivity index (χ0n) is 16.5. The van der Waals surface area contributed by atoms with E-state index in [1.165, 1.54) is 5.56 Å². The van der Waals surface area contributed by atoms with Gasteiger partial charge in [-0.1, -0.05) is 42.8 Å². The van der Waals surface area contributed by atoms with E-state index >= 15 is 0 Å². The summed E-state index contributed by atoms with van der Waals surface area (Å²) < 4.78 is 1.83. The van der Waals surface area contributed by atoms with Gasteiger partial charge in [0.1, 0.15) is 0 Å². The molecule has 1 amide bonds. The Bertz CT molecular complexity index is 956. The van der Waals surface area contributed by atoms with Crippen LogP contribution in [0.15, 0.2) is 54.7 Å². The fraction of sp³-hybridized carbons (Fsp3) is 0.348. The molecule has 0 atom stereocenters. The third-order valence-corrected chi connectivity index (χ3v) is 5.67. The second kappa shape index (κ2) is 7.58. The number of carbonyl (C=O) groups is 1. The second-order valence-electron chi connectivity index (χ2n) is 7.84. The summed E-state index contributed by atoms with van der Waals surface area (Å²) in [5.41, 5.74) is 4.00. The number of amides is 1. The van der Waals surface area contributed by atoms with Crippen molar-refractivity contribution in [2.24, 2.45) is 5.41 Å². The predicted molar refractivity (Wildman–Crippen MR) is 109 cm³/mol. The highest BCUT2D eigenvalue weighted by atomic mass is 16.2. The zero-order chi connectivity index (χ0) is 19.6. The lowest BCUT2D eigenvalue weighted by molar-refractivity contribution is -0.136. The molecule has 0 aliphatic heterocycles. The first-order chi connectivity index (χ1) is 13.6. The maximum atomic E-state index is 12.9. The van der Waals surface area contributed by atoms with Crippen molar-refractivity contribution in [3.63, 3.8) is 0 Å². The summed E-state index contributed by atoms with van der Waals surface area (Å²) in [6.07, 6.45) is 5.68. The molecule has 1 aliphatic rings. The number of rotatable bonds is 6. The summed E-state index contributed by atoms with van der Waals surface area (Å²) in [4.78, 5) is 17.4. The van der Waals surface area contributed by atoms with Crippen LogP contribution in [0.2, 0.25) is 0 Å². The average molecular weight is 374 g/mol. The fourth-order valence-electron chi connectivity index (χ4n) is 3.95. The van der Waals surface area contributed by atoms with Crippen molar-refractivity contribution in [3.05, 3.63) is 77.2 Å². The fourth-order valence-corrected chi connectivity index (χ4v) is 3.95. The molecule has 1 aromatic carbocycles.